The molecule has 3 aliphatic rings. The number of hydrogen-bond donors (Lipinski definition) is 2. The Bertz CT molecular complexity index is 1130. The molecule has 172 valence electrons. The van der Waals surface area contributed by atoms with Crippen LogP contribution in [0.3, 0.4) is 0 Å². The number of pyridine rings is 1. The molecule has 2 aliphatic carbocycles. The van der Waals surface area contributed by atoms with Gasteiger partial charge in [0.2, 0.25) is 5.43 Å². The number of nitrogens with zero attached hydrogens (tertiary/aromatic N) is 2. The van der Waals surface area contributed by atoms with Crippen molar-refractivity contribution in [3.63, 3.8) is 0 Å². The molecule has 2 N–H and O–H groups in total. The van der Waals surface area contributed by atoms with E-state index in [9.17, 15) is 19.1 Å². The number of anilines is 1. The predicted octanol–water partition coefficient (Wildman–Crippen LogP) is 3.24. The summed E-state index contributed by atoms with van der Waals surface area (Å²) >= 11 is 0. The molecule has 1 aliphatic heterocycles. The van der Waals surface area contributed by atoms with Crippen molar-refractivity contribution in [2.24, 2.45) is 0 Å². The van der Waals surface area contributed by atoms with Crippen LogP contribution in [0.25, 0.3) is 10.9 Å². The van der Waals surface area contributed by atoms with Crippen LogP contribution in [0, 0.1) is 5.82 Å². The Hall–Kier alpha value is -2.68. The lowest BCUT2D eigenvalue weighted by Gasteiger charge is -2.42. The Balaban J connectivity index is 1.59. The first-order valence-electron chi connectivity index (χ1n) is 11.1. The highest BCUT2D eigenvalue weighted by atomic mass is 19.1. The third kappa shape index (κ3) is 3.52. The fourth-order valence-electron chi connectivity index (χ4n) is 4.86. The lowest BCUT2D eigenvalue weighted by molar-refractivity contribution is 0.0695. The SMILES string of the molecule is COc1c(N2CCC(CF)(NC3CC3)CC2)c(F)cc2c(=O)c(C(=O)O)cn(C3CC3)c12. The fraction of sp³-hybridized carbons (Fsp3) is 0.565. The molecule has 5 rings (SSSR count). The number of ether oxygens (including phenoxy) is 1. The van der Waals surface area contributed by atoms with Crippen molar-refractivity contribution in [3.8, 4) is 5.75 Å². The molecule has 0 radical (unpaired) electrons. The van der Waals surface area contributed by atoms with E-state index in [2.05, 4.69) is 5.32 Å². The molecule has 1 saturated heterocycles. The molecule has 2 aromatic rings. The number of carboxylic acid groups (broad SMARTS) is 1. The number of benzene rings is 1. The maximum Gasteiger partial charge on any atom is 0.341 e. The monoisotopic (exact) mass is 447 g/mol. The zero-order valence-electron chi connectivity index (χ0n) is 18.0. The molecule has 0 atom stereocenters. The maximum atomic E-state index is 15.4. The minimum atomic E-state index is -1.34. The highest BCUT2D eigenvalue weighted by molar-refractivity contribution is 5.97. The van der Waals surface area contributed by atoms with E-state index in [4.69, 9.17) is 4.74 Å². The van der Waals surface area contributed by atoms with Gasteiger partial charge in [-0.1, -0.05) is 0 Å². The van der Waals surface area contributed by atoms with E-state index in [1.807, 2.05) is 4.90 Å². The molecule has 1 aromatic carbocycles. The lowest BCUT2D eigenvalue weighted by Crippen LogP contribution is -2.56. The summed E-state index contributed by atoms with van der Waals surface area (Å²) < 4.78 is 36.7. The molecule has 0 spiro atoms. The van der Waals surface area contributed by atoms with Gasteiger partial charge in [0, 0.05) is 31.4 Å². The number of aromatic carboxylic acids is 1. The van der Waals surface area contributed by atoms with Crippen molar-refractivity contribution in [1.82, 2.24) is 9.88 Å². The summed E-state index contributed by atoms with van der Waals surface area (Å²) in [6.45, 7) is 0.431. The first-order valence-corrected chi connectivity index (χ1v) is 11.1. The summed E-state index contributed by atoms with van der Waals surface area (Å²) in [6, 6.07) is 1.55. The summed E-state index contributed by atoms with van der Waals surface area (Å²) in [4.78, 5) is 26.3. The van der Waals surface area contributed by atoms with Crippen LogP contribution in [-0.4, -0.2) is 54.1 Å². The number of carbonyl (C=O) groups is 1. The molecule has 3 fully saturated rings. The topological polar surface area (TPSA) is 83.8 Å². The van der Waals surface area contributed by atoms with Crippen LogP contribution in [0.15, 0.2) is 17.1 Å². The first-order chi connectivity index (χ1) is 15.4. The Kier molecular flexibility index (Phi) is 5.11. The average Bonchev–Trinajstić information content (AvgIpc) is 3.69. The lowest BCUT2D eigenvalue weighted by atomic mass is 9.88. The quantitative estimate of drug-likeness (QED) is 0.678. The molecule has 1 aromatic heterocycles. The van der Waals surface area contributed by atoms with Gasteiger partial charge in [-0.2, -0.15) is 0 Å². The molecule has 0 amide bonds. The summed E-state index contributed by atoms with van der Waals surface area (Å²) in [6.07, 6.45) is 6.25. The van der Waals surface area contributed by atoms with Crippen LogP contribution >= 0.6 is 0 Å². The minimum Gasteiger partial charge on any atom is -0.492 e. The standard InChI is InChI=1S/C23H27F2N3O4/c1-32-21-18-15(20(29)16(22(30)31)11-28(18)14-4-5-14)10-17(25)19(21)27-8-6-23(12-24,7-9-27)26-13-2-3-13/h10-11,13-14,26H,2-9,12H2,1H3,(H,30,31). The van der Waals surface area contributed by atoms with E-state index in [1.54, 1.807) is 4.57 Å². The molecule has 32 heavy (non-hydrogen) atoms. The van der Waals surface area contributed by atoms with Crippen LogP contribution in [0.4, 0.5) is 14.5 Å². The van der Waals surface area contributed by atoms with Crippen molar-refractivity contribution < 1.29 is 23.4 Å². The number of rotatable bonds is 7. The Labute approximate surface area is 184 Å². The maximum absolute atomic E-state index is 15.4. The zero-order valence-corrected chi connectivity index (χ0v) is 18.0. The highest BCUT2D eigenvalue weighted by Crippen LogP contribution is 2.44. The van der Waals surface area contributed by atoms with Crippen LogP contribution in [-0.2, 0) is 0 Å². The average molecular weight is 447 g/mol. The molecular weight excluding hydrogens is 420 g/mol. The van der Waals surface area contributed by atoms with Crippen molar-refractivity contribution in [2.45, 2.75) is 56.1 Å². The van der Waals surface area contributed by atoms with E-state index in [-0.39, 0.29) is 28.4 Å². The molecule has 2 saturated carbocycles. The van der Waals surface area contributed by atoms with E-state index in [0.29, 0.717) is 37.5 Å². The Morgan fingerprint density at radius 2 is 1.97 bits per heavy atom. The fourth-order valence-corrected chi connectivity index (χ4v) is 4.86. The normalized spacial score (nSPS) is 20.5. The number of hydrogen-bond acceptors (Lipinski definition) is 5. The van der Waals surface area contributed by atoms with Gasteiger partial charge in [0.25, 0.3) is 0 Å². The van der Waals surface area contributed by atoms with E-state index in [1.165, 1.54) is 13.3 Å². The van der Waals surface area contributed by atoms with Gasteiger partial charge in [-0.05, 0) is 44.6 Å². The molecule has 2 heterocycles. The summed E-state index contributed by atoms with van der Waals surface area (Å²) in [7, 11) is 1.43. The molecule has 9 heteroatoms. The minimum absolute atomic E-state index is 0.000384. The molecular formula is C23H27F2N3O4. The number of carboxylic acids is 1. The van der Waals surface area contributed by atoms with Crippen LogP contribution < -0.4 is 20.4 Å². The van der Waals surface area contributed by atoms with Gasteiger partial charge >= 0.3 is 5.97 Å². The number of halogens is 2. The number of nitrogens with one attached hydrogen (secondary N) is 1. The second kappa shape index (κ2) is 7.72. The summed E-state index contributed by atoms with van der Waals surface area (Å²) in [5.41, 5.74) is -1.02. The zero-order chi connectivity index (χ0) is 22.6. The van der Waals surface area contributed by atoms with Gasteiger partial charge in [-0.3, -0.25) is 4.79 Å². The van der Waals surface area contributed by atoms with E-state index in [0.717, 1.165) is 31.7 Å². The summed E-state index contributed by atoms with van der Waals surface area (Å²) in [5.74, 6) is -1.75. The second-order valence-corrected chi connectivity index (χ2v) is 9.27. The number of piperidine rings is 1. The number of aromatic nitrogens is 1. The smallest absolute Gasteiger partial charge is 0.341 e. The van der Waals surface area contributed by atoms with Gasteiger partial charge in [0.15, 0.2) is 11.6 Å². The van der Waals surface area contributed by atoms with Crippen LogP contribution in [0.5, 0.6) is 5.75 Å². The van der Waals surface area contributed by atoms with Crippen molar-refractivity contribution in [2.75, 3.05) is 31.8 Å². The molecule has 0 unspecified atom stereocenters. The van der Waals surface area contributed by atoms with Crippen LogP contribution in [0.2, 0.25) is 0 Å². The summed E-state index contributed by atoms with van der Waals surface area (Å²) in [5, 5.41) is 12.9. The third-order valence-electron chi connectivity index (χ3n) is 6.95. The Morgan fingerprint density at radius 3 is 2.50 bits per heavy atom. The van der Waals surface area contributed by atoms with Crippen molar-refractivity contribution in [3.05, 3.63) is 33.9 Å². The number of fused-ring (bicyclic) bond motifs is 1. The van der Waals surface area contributed by atoms with Crippen molar-refractivity contribution >= 4 is 22.6 Å². The van der Waals surface area contributed by atoms with Gasteiger partial charge in [-0.15, -0.1) is 0 Å². The number of alkyl halides is 1. The Morgan fingerprint density at radius 1 is 1.28 bits per heavy atom. The third-order valence-corrected chi connectivity index (χ3v) is 6.95. The van der Waals surface area contributed by atoms with Gasteiger partial charge < -0.3 is 24.6 Å². The first kappa shape index (κ1) is 21.2. The van der Waals surface area contributed by atoms with Gasteiger partial charge in [-0.25, -0.2) is 13.6 Å². The molecule has 0 bridgehead atoms. The van der Waals surface area contributed by atoms with Gasteiger partial charge in [0.1, 0.15) is 17.9 Å². The van der Waals surface area contributed by atoms with E-state index < -0.39 is 29.4 Å². The second-order valence-electron chi connectivity index (χ2n) is 9.27. The highest BCUT2D eigenvalue weighted by Gasteiger charge is 2.40. The number of methoxy groups -OCH3 is 1. The van der Waals surface area contributed by atoms with Gasteiger partial charge in [0.05, 0.1) is 23.6 Å². The predicted molar refractivity (Wildman–Crippen MR) is 116 cm³/mol. The van der Waals surface area contributed by atoms with E-state index >= 15 is 4.39 Å². The van der Waals surface area contributed by atoms with Crippen molar-refractivity contribution in [1.29, 1.82) is 0 Å². The van der Waals surface area contributed by atoms with Crippen LogP contribution in [0.1, 0.15) is 54.9 Å². The molecule has 7 nitrogen and oxygen atoms in total. The largest absolute Gasteiger partial charge is 0.492 e.